The predicted octanol–water partition coefficient (Wildman–Crippen LogP) is 5.75. The van der Waals surface area contributed by atoms with Crippen molar-refractivity contribution in [2.24, 2.45) is 0 Å². The van der Waals surface area contributed by atoms with Crippen LogP contribution in [0.5, 0.6) is 0 Å². The summed E-state index contributed by atoms with van der Waals surface area (Å²) in [5, 5.41) is 3.64. The first-order valence-electron chi connectivity index (χ1n) is 10.1. The number of amides is 1. The SMILES string of the molecule is CCN(CC)CCNC(=O)c1ccc(Cl)c(-c2ccc(-c3ccccc3)cc2)c1. The topological polar surface area (TPSA) is 32.3 Å². The van der Waals surface area contributed by atoms with E-state index in [-0.39, 0.29) is 5.91 Å². The number of carbonyl (C=O) groups excluding carboxylic acids is 1. The Morgan fingerprint density at radius 3 is 2.14 bits per heavy atom. The summed E-state index contributed by atoms with van der Waals surface area (Å²) in [6.45, 7) is 7.69. The van der Waals surface area contributed by atoms with Gasteiger partial charge in [0.2, 0.25) is 0 Å². The van der Waals surface area contributed by atoms with E-state index >= 15 is 0 Å². The number of rotatable bonds is 8. The van der Waals surface area contributed by atoms with Gasteiger partial charge >= 0.3 is 0 Å². The molecule has 1 N–H and O–H groups in total. The molecule has 0 atom stereocenters. The molecule has 0 aliphatic carbocycles. The average molecular weight is 407 g/mol. The lowest BCUT2D eigenvalue weighted by Gasteiger charge is -2.18. The first-order chi connectivity index (χ1) is 14.1. The Balaban J connectivity index is 1.74. The van der Waals surface area contributed by atoms with Gasteiger partial charge in [-0.3, -0.25) is 4.79 Å². The third-order valence-electron chi connectivity index (χ3n) is 5.14. The molecule has 0 saturated heterocycles. The van der Waals surface area contributed by atoms with Gasteiger partial charge in [0.05, 0.1) is 0 Å². The van der Waals surface area contributed by atoms with Crippen molar-refractivity contribution in [3.8, 4) is 22.3 Å². The minimum absolute atomic E-state index is 0.0732. The van der Waals surface area contributed by atoms with Crippen molar-refractivity contribution in [3.63, 3.8) is 0 Å². The predicted molar refractivity (Wildman–Crippen MR) is 122 cm³/mol. The zero-order valence-corrected chi connectivity index (χ0v) is 17.7. The van der Waals surface area contributed by atoms with Gasteiger partial charge in [-0.15, -0.1) is 0 Å². The van der Waals surface area contributed by atoms with E-state index in [0.29, 0.717) is 17.1 Å². The smallest absolute Gasteiger partial charge is 0.251 e. The minimum atomic E-state index is -0.0732. The summed E-state index contributed by atoms with van der Waals surface area (Å²) in [4.78, 5) is 14.8. The van der Waals surface area contributed by atoms with Crippen LogP contribution < -0.4 is 5.32 Å². The van der Waals surface area contributed by atoms with Crippen molar-refractivity contribution < 1.29 is 4.79 Å². The Kier molecular flexibility index (Phi) is 7.45. The highest BCUT2D eigenvalue weighted by molar-refractivity contribution is 6.33. The maximum Gasteiger partial charge on any atom is 0.251 e. The molecule has 0 aromatic heterocycles. The van der Waals surface area contributed by atoms with Crippen molar-refractivity contribution in [1.82, 2.24) is 10.2 Å². The molecule has 0 fully saturated rings. The average Bonchev–Trinajstić information content (AvgIpc) is 2.77. The number of nitrogens with one attached hydrogen (secondary N) is 1. The zero-order chi connectivity index (χ0) is 20.6. The maximum atomic E-state index is 12.6. The van der Waals surface area contributed by atoms with E-state index in [1.807, 2.05) is 36.4 Å². The molecule has 29 heavy (non-hydrogen) atoms. The van der Waals surface area contributed by atoms with Gasteiger partial charge in [0, 0.05) is 29.2 Å². The van der Waals surface area contributed by atoms with Crippen molar-refractivity contribution >= 4 is 17.5 Å². The molecule has 3 aromatic carbocycles. The lowest BCUT2D eigenvalue weighted by molar-refractivity contribution is 0.0949. The Morgan fingerprint density at radius 1 is 0.862 bits per heavy atom. The summed E-state index contributed by atoms with van der Waals surface area (Å²) in [5.74, 6) is -0.0732. The maximum absolute atomic E-state index is 12.6. The fourth-order valence-corrected chi connectivity index (χ4v) is 3.56. The quantitative estimate of drug-likeness (QED) is 0.516. The highest BCUT2D eigenvalue weighted by Gasteiger charge is 2.11. The zero-order valence-electron chi connectivity index (χ0n) is 17.0. The summed E-state index contributed by atoms with van der Waals surface area (Å²) in [6, 6.07) is 23.9. The van der Waals surface area contributed by atoms with E-state index in [0.717, 1.165) is 36.3 Å². The molecular weight excluding hydrogens is 380 g/mol. The van der Waals surface area contributed by atoms with Gasteiger partial charge in [-0.1, -0.05) is 80.0 Å². The van der Waals surface area contributed by atoms with E-state index < -0.39 is 0 Å². The fraction of sp³-hybridized carbons (Fsp3) is 0.240. The number of benzene rings is 3. The Morgan fingerprint density at radius 2 is 1.48 bits per heavy atom. The van der Waals surface area contributed by atoms with Gasteiger partial charge in [0.25, 0.3) is 5.91 Å². The second-order valence-electron chi connectivity index (χ2n) is 6.92. The highest BCUT2D eigenvalue weighted by atomic mass is 35.5. The molecule has 0 aliphatic rings. The van der Waals surface area contributed by atoms with E-state index in [4.69, 9.17) is 11.6 Å². The molecule has 0 unspecified atom stereocenters. The first-order valence-corrected chi connectivity index (χ1v) is 10.5. The molecule has 0 aliphatic heterocycles. The molecule has 0 radical (unpaired) electrons. The molecule has 0 bridgehead atoms. The lowest BCUT2D eigenvalue weighted by Crippen LogP contribution is -2.34. The Labute approximate surface area is 178 Å². The van der Waals surface area contributed by atoms with Crippen molar-refractivity contribution in [3.05, 3.63) is 83.4 Å². The number of nitrogens with zero attached hydrogens (tertiary/aromatic N) is 1. The fourth-order valence-electron chi connectivity index (χ4n) is 3.33. The summed E-state index contributed by atoms with van der Waals surface area (Å²) >= 11 is 6.44. The van der Waals surface area contributed by atoms with Gasteiger partial charge in [-0.25, -0.2) is 0 Å². The lowest BCUT2D eigenvalue weighted by atomic mass is 9.99. The van der Waals surface area contributed by atoms with Crippen LogP contribution in [-0.2, 0) is 0 Å². The monoisotopic (exact) mass is 406 g/mol. The van der Waals surface area contributed by atoms with E-state index in [1.54, 1.807) is 12.1 Å². The number of carbonyl (C=O) groups is 1. The van der Waals surface area contributed by atoms with Gasteiger partial charge in [0.15, 0.2) is 0 Å². The summed E-state index contributed by atoms with van der Waals surface area (Å²) in [6.07, 6.45) is 0. The molecule has 4 heteroatoms. The standard InChI is InChI=1S/C25H27ClN2O/c1-3-28(4-2)17-16-27-25(29)22-14-15-24(26)23(18-22)21-12-10-20(11-13-21)19-8-6-5-7-9-19/h5-15,18H,3-4,16-17H2,1-2H3,(H,27,29). The molecule has 1 amide bonds. The van der Waals surface area contributed by atoms with Crippen molar-refractivity contribution in [2.75, 3.05) is 26.2 Å². The van der Waals surface area contributed by atoms with Crippen LogP contribution in [0.1, 0.15) is 24.2 Å². The molecule has 3 nitrogen and oxygen atoms in total. The van der Waals surface area contributed by atoms with Crippen LogP contribution in [0.3, 0.4) is 0 Å². The molecule has 0 spiro atoms. The van der Waals surface area contributed by atoms with E-state index in [9.17, 15) is 4.79 Å². The second-order valence-corrected chi connectivity index (χ2v) is 7.33. The van der Waals surface area contributed by atoms with E-state index in [1.165, 1.54) is 5.56 Å². The summed E-state index contributed by atoms with van der Waals surface area (Å²) in [7, 11) is 0. The van der Waals surface area contributed by atoms with Crippen molar-refractivity contribution in [2.45, 2.75) is 13.8 Å². The first kappa shape index (κ1) is 21.1. The molecule has 0 saturated carbocycles. The van der Waals surface area contributed by atoms with Crippen molar-refractivity contribution in [1.29, 1.82) is 0 Å². The second kappa shape index (κ2) is 10.2. The van der Waals surface area contributed by atoms with Gasteiger partial charge in [-0.05, 0) is 48.0 Å². The summed E-state index contributed by atoms with van der Waals surface area (Å²) in [5.41, 5.74) is 4.80. The van der Waals surface area contributed by atoms with Gasteiger partial charge < -0.3 is 10.2 Å². The van der Waals surface area contributed by atoms with Crippen LogP contribution in [0, 0.1) is 0 Å². The van der Waals surface area contributed by atoms with Crippen LogP contribution in [0.2, 0.25) is 5.02 Å². The Bertz CT molecular complexity index is 935. The van der Waals surface area contributed by atoms with Gasteiger partial charge in [0.1, 0.15) is 0 Å². The highest BCUT2D eigenvalue weighted by Crippen LogP contribution is 2.30. The largest absolute Gasteiger partial charge is 0.351 e. The third-order valence-corrected chi connectivity index (χ3v) is 5.47. The minimum Gasteiger partial charge on any atom is -0.351 e. The normalized spacial score (nSPS) is 10.9. The van der Waals surface area contributed by atoms with Crippen LogP contribution >= 0.6 is 11.6 Å². The number of likely N-dealkylation sites (N-methyl/N-ethyl adjacent to an activating group) is 1. The van der Waals surface area contributed by atoms with Crippen LogP contribution in [0.15, 0.2) is 72.8 Å². The number of hydrogen-bond acceptors (Lipinski definition) is 2. The summed E-state index contributed by atoms with van der Waals surface area (Å²) < 4.78 is 0. The van der Waals surface area contributed by atoms with Crippen LogP contribution in [0.4, 0.5) is 0 Å². The molecule has 0 heterocycles. The van der Waals surface area contributed by atoms with E-state index in [2.05, 4.69) is 48.3 Å². The molecule has 3 aromatic rings. The third kappa shape index (κ3) is 5.47. The van der Waals surface area contributed by atoms with Gasteiger partial charge in [-0.2, -0.15) is 0 Å². The molecule has 150 valence electrons. The number of hydrogen-bond donors (Lipinski definition) is 1. The molecular formula is C25H27ClN2O. The van der Waals surface area contributed by atoms with Crippen LogP contribution in [0.25, 0.3) is 22.3 Å². The van der Waals surface area contributed by atoms with Crippen LogP contribution in [-0.4, -0.2) is 37.0 Å². The molecule has 3 rings (SSSR count). The number of halogens is 1. The Hall–Kier alpha value is -2.62.